The number of likely N-dealkylation sites (tertiary alicyclic amines) is 1. The molecular formula is C10H14N2O4. The molecular weight excluding hydrogens is 212 g/mol. The highest BCUT2D eigenvalue weighted by molar-refractivity contribution is 5.91. The Morgan fingerprint density at radius 1 is 1.62 bits per heavy atom. The van der Waals surface area contributed by atoms with Crippen LogP contribution < -0.4 is 4.74 Å². The molecule has 88 valence electrons. The lowest BCUT2D eigenvalue weighted by molar-refractivity contribution is 0.0512. The maximum absolute atomic E-state index is 11.9. The minimum absolute atomic E-state index is 0.174. The Kier molecular flexibility index (Phi) is 3.09. The lowest BCUT2D eigenvalue weighted by atomic mass is 10.1. The Morgan fingerprint density at radius 3 is 2.88 bits per heavy atom. The van der Waals surface area contributed by atoms with Gasteiger partial charge >= 0.3 is 0 Å². The highest BCUT2D eigenvalue weighted by atomic mass is 16.5. The molecule has 1 fully saturated rings. The fourth-order valence-corrected chi connectivity index (χ4v) is 1.68. The number of amides is 1. The van der Waals surface area contributed by atoms with Crippen LogP contribution in [0.25, 0.3) is 0 Å². The molecule has 0 saturated carbocycles. The van der Waals surface area contributed by atoms with E-state index in [1.54, 1.807) is 4.90 Å². The molecule has 2 heterocycles. The van der Waals surface area contributed by atoms with Crippen molar-refractivity contribution in [3.63, 3.8) is 0 Å². The maximum Gasteiger partial charge on any atom is 0.292 e. The van der Waals surface area contributed by atoms with Gasteiger partial charge in [0.2, 0.25) is 5.76 Å². The molecule has 1 aromatic rings. The van der Waals surface area contributed by atoms with E-state index in [1.807, 2.05) is 0 Å². The van der Waals surface area contributed by atoms with E-state index >= 15 is 0 Å². The van der Waals surface area contributed by atoms with Gasteiger partial charge in [0, 0.05) is 13.1 Å². The van der Waals surface area contributed by atoms with E-state index in [-0.39, 0.29) is 17.8 Å². The van der Waals surface area contributed by atoms with Crippen LogP contribution in [0, 0.1) is 0 Å². The molecule has 0 aromatic carbocycles. The largest absolute Gasteiger partial charge is 0.479 e. The first-order valence-corrected chi connectivity index (χ1v) is 5.18. The molecule has 1 aromatic heterocycles. The number of carbonyl (C=O) groups excluding carboxylic acids is 1. The highest BCUT2D eigenvalue weighted by Crippen LogP contribution is 2.16. The Balaban J connectivity index is 2.01. The van der Waals surface area contributed by atoms with E-state index in [2.05, 4.69) is 5.16 Å². The van der Waals surface area contributed by atoms with Crippen molar-refractivity contribution >= 4 is 5.91 Å². The van der Waals surface area contributed by atoms with Crippen molar-refractivity contribution in [3.05, 3.63) is 11.8 Å². The van der Waals surface area contributed by atoms with E-state index < -0.39 is 0 Å². The van der Waals surface area contributed by atoms with Crippen LogP contribution in [0.4, 0.5) is 0 Å². The first-order chi connectivity index (χ1) is 7.70. The number of hydrogen-bond donors (Lipinski definition) is 1. The third-order valence-electron chi connectivity index (χ3n) is 2.66. The SMILES string of the molecule is COc1cc(C(=O)N2CCC(O)CC2)on1. The van der Waals surface area contributed by atoms with Crippen molar-refractivity contribution in [2.75, 3.05) is 20.2 Å². The normalized spacial score (nSPS) is 17.5. The van der Waals surface area contributed by atoms with Crippen LogP contribution in [0.2, 0.25) is 0 Å². The van der Waals surface area contributed by atoms with E-state index in [0.717, 1.165) is 0 Å². The molecule has 0 aliphatic carbocycles. The standard InChI is InChI=1S/C10H14N2O4/c1-15-9-6-8(16-11-9)10(14)12-4-2-7(13)3-5-12/h6-7,13H,2-5H2,1H3. The van der Waals surface area contributed by atoms with E-state index in [0.29, 0.717) is 31.8 Å². The number of rotatable bonds is 2. The molecule has 1 aliphatic heterocycles. The second-order valence-electron chi connectivity index (χ2n) is 3.76. The molecule has 16 heavy (non-hydrogen) atoms. The lowest BCUT2D eigenvalue weighted by Crippen LogP contribution is -2.39. The summed E-state index contributed by atoms with van der Waals surface area (Å²) in [5.74, 6) is 0.260. The van der Waals surface area contributed by atoms with Gasteiger partial charge in [0.15, 0.2) is 0 Å². The number of aliphatic hydroxyl groups excluding tert-OH is 1. The highest BCUT2D eigenvalue weighted by Gasteiger charge is 2.25. The van der Waals surface area contributed by atoms with Crippen molar-refractivity contribution in [2.24, 2.45) is 0 Å². The Labute approximate surface area is 92.8 Å². The molecule has 6 nitrogen and oxygen atoms in total. The summed E-state index contributed by atoms with van der Waals surface area (Å²) in [7, 11) is 1.46. The van der Waals surface area contributed by atoms with Crippen LogP contribution in [-0.2, 0) is 0 Å². The summed E-state index contributed by atoms with van der Waals surface area (Å²) in [5, 5.41) is 12.9. The summed E-state index contributed by atoms with van der Waals surface area (Å²) in [5.41, 5.74) is 0. The van der Waals surface area contributed by atoms with Crippen molar-refractivity contribution in [2.45, 2.75) is 18.9 Å². The number of nitrogens with zero attached hydrogens (tertiary/aromatic N) is 2. The van der Waals surface area contributed by atoms with Gasteiger partial charge in [-0.1, -0.05) is 0 Å². The maximum atomic E-state index is 11.9. The number of hydrogen-bond acceptors (Lipinski definition) is 5. The van der Waals surface area contributed by atoms with E-state index in [1.165, 1.54) is 13.2 Å². The summed E-state index contributed by atoms with van der Waals surface area (Å²) in [6, 6.07) is 1.47. The predicted molar refractivity (Wildman–Crippen MR) is 54.2 cm³/mol. The number of methoxy groups -OCH3 is 1. The predicted octanol–water partition coefficient (Wildman–Crippen LogP) is 0.280. The zero-order valence-corrected chi connectivity index (χ0v) is 9.05. The average molecular weight is 226 g/mol. The molecule has 2 rings (SSSR count). The zero-order chi connectivity index (χ0) is 11.5. The topological polar surface area (TPSA) is 75.8 Å². The fourth-order valence-electron chi connectivity index (χ4n) is 1.68. The number of ether oxygens (including phenoxy) is 1. The summed E-state index contributed by atoms with van der Waals surface area (Å²) in [6.07, 6.45) is 0.918. The number of aromatic nitrogens is 1. The van der Waals surface area contributed by atoms with Gasteiger partial charge < -0.3 is 19.3 Å². The third-order valence-corrected chi connectivity index (χ3v) is 2.66. The summed E-state index contributed by atoms with van der Waals surface area (Å²) >= 11 is 0. The van der Waals surface area contributed by atoms with Gasteiger partial charge in [0.05, 0.1) is 19.3 Å². The van der Waals surface area contributed by atoms with Crippen LogP contribution in [0.3, 0.4) is 0 Å². The van der Waals surface area contributed by atoms with Crippen molar-refractivity contribution < 1.29 is 19.2 Å². The molecule has 1 aliphatic rings. The van der Waals surface area contributed by atoms with Crippen molar-refractivity contribution in [1.29, 1.82) is 0 Å². The summed E-state index contributed by atoms with van der Waals surface area (Å²) in [6.45, 7) is 1.09. The number of carbonyl (C=O) groups is 1. The smallest absolute Gasteiger partial charge is 0.292 e. The van der Waals surface area contributed by atoms with Crippen molar-refractivity contribution in [3.8, 4) is 5.88 Å². The molecule has 0 unspecified atom stereocenters. The molecule has 6 heteroatoms. The van der Waals surface area contributed by atoms with Gasteiger partial charge in [-0.3, -0.25) is 4.79 Å². The number of aliphatic hydroxyl groups is 1. The van der Waals surface area contributed by atoms with Crippen LogP contribution in [0.15, 0.2) is 10.6 Å². The second kappa shape index (κ2) is 4.52. The van der Waals surface area contributed by atoms with Gasteiger partial charge in [-0.25, -0.2) is 0 Å². The molecule has 1 saturated heterocycles. The molecule has 0 bridgehead atoms. The fraction of sp³-hybridized carbons (Fsp3) is 0.600. The van der Waals surface area contributed by atoms with Crippen molar-refractivity contribution in [1.82, 2.24) is 10.1 Å². The van der Waals surface area contributed by atoms with Crippen LogP contribution >= 0.6 is 0 Å². The van der Waals surface area contributed by atoms with Crippen LogP contribution in [0.5, 0.6) is 5.88 Å². The van der Waals surface area contributed by atoms with Gasteiger partial charge in [0.1, 0.15) is 0 Å². The average Bonchev–Trinajstić information content (AvgIpc) is 2.77. The summed E-state index contributed by atoms with van der Waals surface area (Å²) < 4.78 is 9.70. The molecule has 0 radical (unpaired) electrons. The first kappa shape index (κ1) is 10.9. The van der Waals surface area contributed by atoms with Crippen LogP contribution in [0.1, 0.15) is 23.4 Å². The zero-order valence-electron chi connectivity index (χ0n) is 9.05. The van der Waals surface area contributed by atoms with Gasteiger partial charge in [0.25, 0.3) is 11.8 Å². The molecule has 0 spiro atoms. The summed E-state index contributed by atoms with van der Waals surface area (Å²) in [4.78, 5) is 13.5. The van der Waals surface area contributed by atoms with E-state index in [4.69, 9.17) is 9.26 Å². The first-order valence-electron chi connectivity index (χ1n) is 5.18. The van der Waals surface area contributed by atoms with Gasteiger partial charge in [-0.15, -0.1) is 0 Å². The van der Waals surface area contributed by atoms with Gasteiger partial charge in [-0.2, -0.15) is 0 Å². The monoisotopic (exact) mass is 226 g/mol. The Bertz CT molecular complexity index is 369. The third kappa shape index (κ3) is 2.16. The minimum Gasteiger partial charge on any atom is -0.479 e. The lowest BCUT2D eigenvalue weighted by Gasteiger charge is -2.28. The quantitative estimate of drug-likeness (QED) is 0.783. The van der Waals surface area contributed by atoms with Crippen LogP contribution in [-0.4, -0.2) is 47.4 Å². The van der Waals surface area contributed by atoms with Gasteiger partial charge in [-0.05, 0) is 18.0 Å². The van der Waals surface area contributed by atoms with E-state index in [9.17, 15) is 9.90 Å². The molecule has 1 amide bonds. The Hall–Kier alpha value is -1.56. The second-order valence-corrected chi connectivity index (χ2v) is 3.76. The molecule has 0 atom stereocenters. The molecule has 1 N–H and O–H groups in total. The Morgan fingerprint density at radius 2 is 2.31 bits per heavy atom. The number of piperidine rings is 1. The minimum atomic E-state index is -0.298.